The molecule has 0 bridgehead atoms. The summed E-state index contributed by atoms with van der Waals surface area (Å²) in [6.07, 6.45) is 7.27. The number of aromatic nitrogens is 2. The van der Waals surface area contributed by atoms with Crippen LogP contribution < -0.4 is 20.9 Å². The first-order chi connectivity index (χ1) is 27.6. The largest absolute Gasteiger partial charge is 0.492 e. The van der Waals surface area contributed by atoms with Crippen molar-refractivity contribution in [2.45, 2.75) is 12.8 Å². The predicted octanol–water partition coefficient (Wildman–Crippen LogP) is 7.31. The normalized spacial score (nSPS) is 14.0. The van der Waals surface area contributed by atoms with Crippen LogP contribution in [0.4, 0.5) is 8.78 Å². The SMILES string of the molecule is NC1=NC(=O)/C(=C/c2ccc3nccc(OCCc4ccc(F)cc4)c3c2)S1.NC1=NC(=O)CS1.O=Cc1ccc2nccc(OCCc3ccc(F)cc3)c2c1. The van der Waals surface area contributed by atoms with Gasteiger partial charge in [0, 0.05) is 41.6 Å². The lowest BCUT2D eigenvalue weighted by atomic mass is 10.1. The lowest BCUT2D eigenvalue weighted by molar-refractivity contribution is -0.115. The minimum absolute atomic E-state index is 0.123. The van der Waals surface area contributed by atoms with E-state index < -0.39 is 0 Å². The molecule has 0 atom stereocenters. The van der Waals surface area contributed by atoms with Crippen molar-refractivity contribution >= 4 is 79.8 Å². The molecule has 0 saturated carbocycles. The number of amidine groups is 2. The Bertz CT molecular complexity index is 2510. The second kappa shape index (κ2) is 19.4. The molecule has 0 saturated heterocycles. The molecule has 8 rings (SSSR count). The topological polar surface area (TPSA) is 172 Å². The van der Waals surface area contributed by atoms with E-state index in [0.717, 1.165) is 56.5 Å². The van der Waals surface area contributed by atoms with Crippen molar-refractivity contribution in [1.29, 1.82) is 0 Å². The summed E-state index contributed by atoms with van der Waals surface area (Å²) in [5, 5.41) is 2.31. The maximum Gasteiger partial charge on any atom is 0.286 e. The number of benzene rings is 4. The number of amides is 2. The van der Waals surface area contributed by atoms with E-state index in [9.17, 15) is 23.2 Å². The number of rotatable bonds is 10. The van der Waals surface area contributed by atoms with Gasteiger partial charge >= 0.3 is 0 Å². The van der Waals surface area contributed by atoms with E-state index in [1.165, 1.54) is 36.0 Å². The summed E-state index contributed by atoms with van der Waals surface area (Å²) in [6, 6.07) is 27.3. The molecule has 57 heavy (non-hydrogen) atoms. The van der Waals surface area contributed by atoms with E-state index in [1.54, 1.807) is 73.1 Å². The van der Waals surface area contributed by atoms with E-state index >= 15 is 0 Å². The van der Waals surface area contributed by atoms with Gasteiger partial charge in [0.25, 0.3) is 11.8 Å². The number of carbonyl (C=O) groups is 3. The number of nitrogens with two attached hydrogens (primary N) is 2. The number of halogens is 2. The zero-order valence-corrected chi connectivity index (χ0v) is 31.8. The highest BCUT2D eigenvalue weighted by molar-refractivity contribution is 8.18. The second-order valence-electron chi connectivity index (χ2n) is 12.2. The number of pyridine rings is 2. The van der Waals surface area contributed by atoms with Crippen molar-refractivity contribution < 1.29 is 32.6 Å². The fourth-order valence-electron chi connectivity index (χ4n) is 5.45. The molecule has 4 N–H and O–H groups in total. The third-order valence-electron chi connectivity index (χ3n) is 8.22. The highest BCUT2D eigenvalue weighted by atomic mass is 32.2. The molecule has 4 heterocycles. The molecule has 2 aliphatic rings. The molecule has 0 spiro atoms. The standard InChI is InChI=1S/C21H16FN3O2S.C18H14FNO2.C3H4N2OS/c22-15-4-1-13(2-5-15)8-10-27-18-7-9-24-17-6-3-14(11-16(17)18)12-19-20(26)25-21(23)28-19;19-15-4-1-13(2-5-15)8-10-22-18-7-9-20-17-6-3-14(12-21)11-16(17)18;4-3-5-2(6)1-7-3/h1-7,9,11-12H,8,10H2,(H2,23,25,26);1-7,9,11-12H,8,10H2;1H2,(H2,4,5,6)/b19-12-;;. The second-order valence-corrected chi connectivity index (χ2v) is 14.3. The van der Waals surface area contributed by atoms with Crippen molar-refractivity contribution in [3.63, 3.8) is 0 Å². The summed E-state index contributed by atoms with van der Waals surface area (Å²) >= 11 is 2.44. The maximum atomic E-state index is 13.0. The molecular weight excluding hydrogens is 771 g/mol. The molecule has 11 nitrogen and oxygen atoms in total. The number of thioether (sulfide) groups is 2. The smallest absolute Gasteiger partial charge is 0.286 e. The van der Waals surface area contributed by atoms with Gasteiger partial charge in [-0.05, 0) is 101 Å². The Morgan fingerprint density at radius 2 is 1.19 bits per heavy atom. The molecule has 0 fully saturated rings. The van der Waals surface area contributed by atoms with Gasteiger partial charge < -0.3 is 20.9 Å². The van der Waals surface area contributed by atoms with Crippen LogP contribution in [0.2, 0.25) is 0 Å². The fraction of sp³-hybridized carbons (Fsp3) is 0.119. The zero-order chi connectivity index (χ0) is 40.1. The van der Waals surface area contributed by atoms with E-state index in [4.69, 9.17) is 20.9 Å². The predicted molar refractivity (Wildman–Crippen MR) is 221 cm³/mol. The summed E-state index contributed by atoms with van der Waals surface area (Å²) in [5.74, 6) is 0.867. The fourth-order valence-corrected chi connectivity index (χ4v) is 6.64. The zero-order valence-electron chi connectivity index (χ0n) is 30.1. The molecule has 15 heteroatoms. The Morgan fingerprint density at radius 3 is 1.63 bits per heavy atom. The van der Waals surface area contributed by atoms with Crippen LogP contribution >= 0.6 is 23.5 Å². The summed E-state index contributed by atoms with van der Waals surface area (Å²) in [6.45, 7) is 0.921. The van der Waals surface area contributed by atoms with E-state index in [1.807, 2.05) is 18.2 Å². The average molecular weight is 805 g/mol. The summed E-state index contributed by atoms with van der Waals surface area (Å²) < 4.78 is 37.6. The van der Waals surface area contributed by atoms with Gasteiger partial charge in [-0.2, -0.15) is 9.98 Å². The monoisotopic (exact) mass is 804 g/mol. The van der Waals surface area contributed by atoms with Crippen LogP contribution in [0.1, 0.15) is 27.0 Å². The third kappa shape index (κ3) is 11.5. The average Bonchev–Trinajstić information content (AvgIpc) is 3.76. The molecule has 0 aliphatic carbocycles. The molecule has 2 aliphatic heterocycles. The maximum absolute atomic E-state index is 13.0. The van der Waals surface area contributed by atoms with E-state index in [-0.39, 0.29) is 28.6 Å². The summed E-state index contributed by atoms with van der Waals surface area (Å²) in [5.41, 5.74) is 15.7. The molecule has 288 valence electrons. The Kier molecular flexibility index (Phi) is 13.7. The van der Waals surface area contributed by atoms with Gasteiger partial charge in [0.15, 0.2) is 10.3 Å². The number of fused-ring (bicyclic) bond motifs is 2. The van der Waals surface area contributed by atoms with Crippen molar-refractivity contribution in [1.82, 2.24) is 9.97 Å². The molecule has 4 aromatic carbocycles. The first-order valence-electron chi connectivity index (χ1n) is 17.4. The molecule has 0 radical (unpaired) electrons. The minimum Gasteiger partial charge on any atom is -0.492 e. The number of hydrogen-bond acceptors (Lipinski definition) is 11. The van der Waals surface area contributed by atoms with Crippen LogP contribution in [0.5, 0.6) is 11.5 Å². The Hall–Kier alpha value is -6.45. The summed E-state index contributed by atoms with van der Waals surface area (Å²) in [4.78, 5) is 49.1. The van der Waals surface area contributed by atoms with Crippen molar-refractivity contribution in [3.05, 3.63) is 148 Å². The molecule has 6 aromatic rings. The lowest BCUT2D eigenvalue weighted by Gasteiger charge is -2.10. The van der Waals surface area contributed by atoms with Gasteiger partial charge in [0.05, 0.1) is 34.9 Å². The van der Waals surface area contributed by atoms with Crippen molar-refractivity contribution in [2.75, 3.05) is 19.0 Å². The van der Waals surface area contributed by atoms with Gasteiger partial charge in [-0.25, -0.2) is 8.78 Å². The van der Waals surface area contributed by atoms with Crippen LogP contribution in [0.25, 0.3) is 27.9 Å². The number of nitrogens with zero attached hydrogens (tertiary/aromatic N) is 4. The van der Waals surface area contributed by atoms with Gasteiger partial charge in [-0.3, -0.25) is 24.4 Å². The Balaban J connectivity index is 0.000000168. The van der Waals surface area contributed by atoms with Gasteiger partial charge in [-0.15, -0.1) is 0 Å². The number of hydrogen-bond donors (Lipinski definition) is 2. The molecule has 2 amide bonds. The number of ether oxygens (including phenoxy) is 2. The number of carbonyl (C=O) groups excluding carboxylic acids is 3. The number of aldehydes is 1. The quantitative estimate of drug-likeness (QED) is 0.105. The lowest BCUT2D eigenvalue weighted by Crippen LogP contribution is -2.02. The highest BCUT2D eigenvalue weighted by Gasteiger charge is 2.19. The number of aliphatic imine (C=N–C) groups is 2. The van der Waals surface area contributed by atoms with Crippen LogP contribution in [0.3, 0.4) is 0 Å². The van der Waals surface area contributed by atoms with Crippen LogP contribution in [-0.4, -0.2) is 57.4 Å². The first-order valence-corrected chi connectivity index (χ1v) is 19.2. The molecule has 2 aromatic heterocycles. The molecule has 0 unspecified atom stereocenters. The highest BCUT2D eigenvalue weighted by Crippen LogP contribution is 2.30. The Morgan fingerprint density at radius 1 is 0.667 bits per heavy atom. The first kappa shape index (κ1) is 40.2. The van der Waals surface area contributed by atoms with Crippen LogP contribution in [0, 0.1) is 11.6 Å². The van der Waals surface area contributed by atoms with Gasteiger partial charge in [0.2, 0.25) is 0 Å². The van der Waals surface area contributed by atoms with E-state index in [0.29, 0.717) is 58.9 Å². The molecular formula is C42H34F2N6O5S2. The van der Waals surface area contributed by atoms with Crippen LogP contribution in [-0.2, 0) is 22.4 Å². The third-order valence-corrected chi connectivity index (χ3v) is 9.81. The van der Waals surface area contributed by atoms with Gasteiger partial charge in [-0.1, -0.05) is 42.1 Å². The van der Waals surface area contributed by atoms with Crippen LogP contribution in [0.15, 0.2) is 124 Å². The van der Waals surface area contributed by atoms with E-state index in [2.05, 4.69) is 20.0 Å². The minimum atomic E-state index is -0.329. The van der Waals surface area contributed by atoms with Crippen molar-refractivity contribution in [3.8, 4) is 11.5 Å². The Labute approximate surface area is 334 Å². The van der Waals surface area contributed by atoms with Crippen molar-refractivity contribution in [2.24, 2.45) is 21.5 Å². The summed E-state index contributed by atoms with van der Waals surface area (Å²) in [7, 11) is 0. The van der Waals surface area contributed by atoms with Gasteiger partial charge in [0.1, 0.15) is 29.4 Å².